The van der Waals surface area contributed by atoms with Gasteiger partial charge >= 0.3 is 0 Å². The highest BCUT2D eigenvalue weighted by Crippen LogP contribution is 2.50. The molecule has 5 rings (SSSR count). The van der Waals surface area contributed by atoms with Gasteiger partial charge in [-0.1, -0.05) is 36.4 Å². The van der Waals surface area contributed by atoms with Crippen LogP contribution in [0.4, 0.5) is 8.78 Å². The van der Waals surface area contributed by atoms with E-state index in [4.69, 9.17) is 0 Å². The zero-order valence-corrected chi connectivity index (χ0v) is 14.3. The molecule has 5 heteroatoms. The number of rotatable bonds is 0. The SMILES string of the molecule is N#CC=C1/C(=C2\c3ccccc3-c3ncccc32)C(=O)c2c1ccc(F)c2F. The third kappa shape index (κ3) is 2.00. The molecule has 132 valence electrons. The number of fused-ring (bicyclic) bond motifs is 4. The first-order valence-electron chi connectivity index (χ1n) is 8.56. The van der Waals surface area contributed by atoms with Gasteiger partial charge in [0.2, 0.25) is 0 Å². The molecule has 0 atom stereocenters. The quantitative estimate of drug-likeness (QED) is 0.326. The average Bonchev–Trinajstić information content (AvgIpc) is 3.18. The van der Waals surface area contributed by atoms with Crippen molar-refractivity contribution in [3.8, 4) is 17.3 Å². The van der Waals surface area contributed by atoms with Crippen molar-refractivity contribution in [3.05, 3.63) is 100 Å². The van der Waals surface area contributed by atoms with E-state index in [0.29, 0.717) is 16.8 Å². The van der Waals surface area contributed by atoms with Gasteiger partial charge in [-0.2, -0.15) is 5.26 Å². The Morgan fingerprint density at radius 2 is 1.64 bits per heavy atom. The molecule has 0 fully saturated rings. The number of hydrogen-bond donors (Lipinski definition) is 0. The Morgan fingerprint density at radius 3 is 2.43 bits per heavy atom. The topological polar surface area (TPSA) is 53.8 Å². The summed E-state index contributed by atoms with van der Waals surface area (Å²) >= 11 is 0. The van der Waals surface area contributed by atoms with E-state index in [1.807, 2.05) is 36.4 Å². The van der Waals surface area contributed by atoms with Crippen LogP contribution in [0.15, 0.2) is 66.4 Å². The molecule has 0 spiro atoms. The summed E-state index contributed by atoms with van der Waals surface area (Å²) in [4.78, 5) is 17.7. The van der Waals surface area contributed by atoms with Crippen LogP contribution in [0.5, 0.6) is 0 Å². The van der Waals surface area contributed by atoms with Gasteiger partial charge in [-0.05, 0) is 23.3 Å². The van der Waals surface area contributed by atoms with E-state index >= 15 is 0 Å². The minimum Gasteiger partial charge on any atom is -0.288 e. The summed E-state index contributed by atoms with van der Waals surface area (Å²) in [6, 6.07) is 15.3. The second-order valence-corrected chi connectivity index (χ2v) is 6.50. The Bertz CT molecular complexity index is 1260. The van der Waals surface area contributed by atoms with Gasteiger partial charge in [0.1, 0.15) is 0 Å². The highest BCUT2D eigenvalue weighted by atomic mass is 19.2. The van der Waals surface area contributed by atoms with Crippen LogP contribution in [-0.4, -0.2) is 10.8 Å². The summed E-state index contributed by atoms with van der Waals surface area (Å²) in [5.41, 5.74) is 4.03. The lowest BCUT2D eigenvalue weighted by molar-refractivity contribution is 0.103. The van der Waals surface area contributed by atoms with Crippen molar-refractivity contribution in [2.24, 2.45) is 0 Å². The second-order valence-electron chi connectivity index (χ2n) is 6.50. The molecule has 2 aromatic carbocycles. The zero-order chi connectivity index (χ0) is 19.4. The van der Waals surface area contributed by atoms with Crippen molar-refractivity contribution in [1.82, 2.24) is 4.98 Å². The van der Waals surface area contributed by atoms with Crippen molar-refractivity contribution in [2.45, 2.75) is 0 Å². The molecule has 0 saturated heterocycles. The molecule has 0 N–H and O–H groups in total. The highest BCUT2D eigenvalue weighted by Gasteiger charge is 2.39. The van der Waals surface area contributed by atoms with Gasteiger partial charge in [0.15, 0.2) is 17.4 Å². The lowest BCUT2D eigenvalue weighted by Crippen LogP contribution is -2.03. The van der Waals surface area contributed by atoms with Crippen molar-refractivity contribution in [3.63, 3.8) is 0 Å². The fourth-order valence-corrected chi connectivity index (χ4v) is 3.99. The molecule has 3 nitrogen and oxygen atoms in total. The maximum Gasteiger partial charge on any atom is 0.198 e. The van der Waals surface area contributed by atoms with Gasteiger partial charge in [-0.15, -0.1) is 0 Å². The van der Waals surface area contributed by atoms with Gasteiger partial charge in [0, 0.05) is 40.1 Å². The molecule has 1 heterocycles. The number of halogens is 2. The molecule has 2 aliphatic carbocycles. The lowest BCUT2D eigenvalue weighted by Gasteiger charge is -2.08. The van der Waals surface area contributed by atoms with Crippen LogP contribution >= 0.6 is 0 Å². The molecule has 0 unspecified atom stereocenters. The van der Waals surface area contributed by atoms with Gasteiger partial charge in [-0.25, -0.2) is 8.78 Å². The molecule has 1 aromatic heterocycles. The molecular weight excluding hydrogens is 358 g/mol. The fourth-order valence-electron chi connectivity index (χ4n) is 3.99. The Morgan fingerprint density at radius 1 is 0.893 bits per heavy atom. The fraction of sp³-hybridized carbons (Fsp3) is 0. The maximum absolute atomic E-state index is 14.5. The third-order valence-corrected chi connectivity index (χ3v) is 5.10. The van der Waals surface area contributed by atoms with Crippen LogP contribution < -0.4 is 0 Å². The van der Waals surface area contributed by atoms with E-state index in [2.05, 4.69) is 4.98 Å². The van der Waals surface area contributed by atoms with Crippen LogP contribution in [0.25, 0.3) is 22.4 Å². The zero-order valence-electron chi connectivity index (χ0n) is 14.3. The van der Waals surface area contributed by atoms with E-state index in [1.165, 1.54) is 12.1 Å². The molecule has 0 amide bonds. The molecule has 0 aliphatic heterocycles. The predicted molar refractivity (Wildman–Crippen MR) is 100.0 cm³/mol. The van der Waals surface area contributed by atoms with Gasteiger partial charge in [0.25, 0.3) is 0 Å². The Balaban J connectivity index is 1.93. The van der Waals surface area contributed by atoms with Gasteiger partial charge < -0.3 is 0 Å². The minimum atomic E-state index is -1.19. The van der Waals surface area contributed by atoms with Crippen molar-refractivity contribution in [2.75, 3.05) is 0 Å². The number of aromatic nitrogens is 1. The molecule has 0 radical (unpaired) electrons. The van der Waals surface area contributed by atoms with Crippen molar-refractivity contribution < 1.29 is 13.6 Å². The number of nitrogens with zero attached hydrogens (tertiary/aromatic N) is 2. The summed E-state index contributed by atoms with van der Waals surface area (Å²) in [5, 5.41) is 9.27. The normalized spacial score (nSPS) is 18.0. The van der Waals surface area contributed by atoms with E-state index < -0.39 is 17.4 Å². The number of carbonyl (C=O) groups excluding carboxylic acids is 1. The predicted octanol–water partition coefficient (Wildman–Crippen LogP) is 4.95. The van der Waals surface area contributed by atoms with E-state index in [-0.39, 0.29) is 16.7 Å². The van der Waals surface area contributed by atoms with E-state index in [1.54, 1.807) is 12.3 Å². The Labute approximate surface area is 158 Å². The molecule has 3 aromatic rings. The van der Waals surface area contributed by atoms with Gasteiger partial charge in [0.05, 0.1) is 17.3 Å². The Kier molecular flexibility index (Phi) is 3.37. The molecule has 0 saturated carbocycles. The number of hydrogen-bond acceptors (Lipinski definition) is 3. The summed E-state index contributed by atoms with van der Waals surface area (Å²) in [6.45, 7) is 0. The average molecular weight is 368 g/mol. The largest absolute Gasteiger partial charge is 0.288 e. The van der Waals surface area contributed by atoms with Crippen LogP contribution in [0, 0.1) is 23.0 Å². The van der Waals surface area contributed by atoms with Crippen molar-refractivity contribution >= 4 is 16.9 Å². The molecule has 2 aliphatic rings. The first-order chi connectivity index (χ1) is 13.6. The second kappa shape index (κ2) is 5.80. The van der Waals surface area contributed by atoms with Crippen LogP contribution in [-0.2, 0) is 0 Å². The molecular formula is C23H10F2N2O. The number of nitriles is 1. The number of pyridine rings is 1. The first kappa shape index (κ1) is 16.3. The number of allylic oxidation sites excluding steroid dienone is 3. The molecule has 0 bridgehead atoms. The summed E-state index contributed by atoms with van der Waals surface area (Å²) in [7, 11) is 0. The van der Waals surface area contributed by atoms with E-state index in [9.17, 15) is 18.8 Å². The van der Waals surface area contributed by atoms with Crippen molar-refractivity contribution in [1.29, 1.82) is 5.26 Å². The first-order valence-corrected chi connectivity index (χ1v) is 8.56. The number of benzene rings is 2. The minimum absolute atomic E-state index is 0.195. The molecule has 28 heavy (non-hydrogen) atoms. The van der Waals surface area contributed by atoms with Crippen LogP contribution in [0.1, 0.15) is 27.0 Å². The number of carbonyl (C=O) groups is 1. The summed E-state index contributed by atoms with van der Waals surface area (Å²) < 4.78 is 28.3. The monoisotopic (exact) mass is 368 g/mol. The highest BCUT2D eigenvalue weighted by molar-refractivity contribution is 6.32. The number of Topliss-reactive ketones (excluding diaryl/α,β-unsaturated/α-hetero) is 1. The summed E-state index contributed by atoms with van der Waals surface area (Å²) in [5.74, 6) is -2.92. The van der Waals surface area contributed by atoms with E-state index in [0.717, 1.165) is 22.8 Å². The summed E-state index contributed by atoms with van der Waals surface area (Å²) in [6.07, 6.45) is 2.87. The lowest BCUT2D eigenvalue weighted by atomic mass is 9.93. The van der Waals surface area contributed by atoms with Gasteiger partial charge in [-0.3, -0.25) is 9.78 Å². The Hall–Kier alpha value is -3.91. The number of ketones is 1. The smallest absolute Gasteiger partial charge is 0.198 e. The third-order valence-electron chi connectivity index (χ3n) is 5.10. The maximum atomic E-state index is 14.5. The van der Waals surface area contributed by atoms with Crippen LogP contribution in [0.3, 0.4) is 0 Å². The standard InChI is InChI=1S/C23H10F2N2O/c24-17-8-7-13-14(9-10-26)19(23(28)20(13)21(17)25)18-12-4-1-2-5-15(12)22-16(18)6-3-11-27-22/h1-9,11H/b14-9?,19-18-. The van der Waals surface area contributed by atoms with Crippen LogP contribution in [0.2, 0.25) is 0 Å².